The summed E-state index contributed by atoms with van der Waals surface area (Å²) in [7, 11) is 2.97. The number of hydrogen-bond donors (Lipinski definition) is 1. The molecule has 11 nitrogen and oxygen atoms in total. The topological polar surface area (TPSA) is 131 Å². The fourth-order valence-corrected chi connectivity index (χ4v) is 6.54. The Hall–Kier alpha value is -3.68. The first-order chi connectivity index (χ1) is 19.6. The molecule has 0 amide bonds. The van der Waals surface area contributed by atoms with Gasteiger partial charge in [0.05, 0.1) is 18.8 Å². The van der Waals surface area contributed by atoms with Crippen LogP contribution in [0.4, 0.5) is 4.79 Å². The fraction of sp³-hybridized carbons (Fsp3) is 0.357. The predicted molar refractivity (Wildman–Crippen MR) is 156 cm³/mol. The zero-order valence-corrected chi connectivity index (χ0v) is 24.3. The minimum atomic E-state index is -0.857. The minimum Gasteiger partial charge on any atom is -0.483 e. The lowest BCUT2D eigenvalue weighted by Gasteiger charge is -2.42. The van der Waals surface area contributed by atoms with Crippen molar-refractivity contribution < 1.29 is 28.9 Å². The largest absolute Gasteiger partial charge is 0.513 e. The number of hydrogen-bond acceptors (Lipinski definition) is 10. The molecule has 3 aromatic rings. The maximum Gasteiger partial charge on any atom is 0.513 e. The highest BCUT2D eigenvalue weighted by molar-refractivity contribution is 8.76. The summed E-state index contributed by atoms with van der Waals surface area (Å²) in [6.07, 6.45) is 1.04. The molecule has 2 aromatic carbocycles. The van der Waals surface area contributed by atoms with Gasteiger partial charge in [-0.1, -0.05) is 27.7 Å². The molecule has 2 aliphatic rings. The molecule has 0 fully saturated rings. The molecule has 3 heterocycles. The van der Waals surface area contributed by atoms with Crippen LogP contribution in [0.2, 0.25) is 0 Å². The summed E-state index contributed by atoms with van der Waals surface area (Å²) >= 11 is 0. The number of carbonyl (C=O) groups is 2. The zero-order chi connectivity index (χ0) is 29.3. The van der Waals surface area contributed by atoms with Gasteiger partial charge in [0.1, 0.15) is 29.7 Å². The smallest absolute Gasteiger partial charge is 0.483 e. The van der Waals surface area contributed by atoms with Gasteiger partial charge in [-0.15, -0.1) is 0 Å². The van der Waals surface area contributed by atoms with Crippen molar-refractivity contribution in [3.05, 3.63) is 86.2 Å². The number of rotatable bonds is 9. The van der Waals surface area contributed by atoms with E-state index >= 15 is 0 Å². The maximum atomic E-state index is 13.8. The number of carbonyl (C=O) groups excluding carboxylic acids is 2. The number of benzene rings is 2. The molecule has 0 bridgehead atoms. The van der Waals surface area contributed by atoms with E-state index in [1.807, 2.05) is 19.9 Å². The number of ether oxygens (including phenoxy) is 3. The molecule has 5 rings (SSSR count). The SMILES string of the molecule is CC(=O)c1ccc(-n2c(=O)n3n(c2=O)C2C(=CC3)C(C)(C)Oc3cc(OC(=O)OCCSSCCO)ccc32)cc1. The summed E-state index contributed by atoms with van der Waals surface area (Å²) in [4.78, 5) is 51.1. The molecule has 216 valence electrons. The van der Waals surface area contributed by atoms with E-state index in [1.165, 1.54) is 37.9 Å². The normalized spacial score (nSPS) is 16.5. The van der Waals surface area contributed by atoms with E-state index in [9.17, 15) is 19.2 Å². The number of aliphatic hydroxyl groups is 1. The van der Waals surface area contributed by atoms with Gasteiger partial charge in [0.2, 0.25) is 0 Å². The van der Waals surface area contributed by atoms with Crippen LogP contribution in [-0.4, -0.2) is 61.3 Å². The van der Waals surface area contributed by atoms with Crippen LogP contribution in [0.5, 0.6) is 11.5 Å². The van der Waals surface area contributed by atoms with Gasteiger partial charge in [0.15, 0.2) is 5.78 Å². The van der Waals surface area contributed by atoms with Crippen molar-refractivity contribution >= 4 is 33.5 Å². The number of aliphatic hydroxyl groups excluding tert-OH is 1. The van der Waals surface area contributed by atoms with Crippen LogP contribution in [0.15, 0.2) is 63.7 Å². The second kappa shape index (κ2) is 11.7. The first-order valence-corrected chi connectivity index (χ1v) is 15.4. The van der Waals surface area contributed by atoms with Crippen molar-refractivity contribution in [3.63, 3.8) is 0 Å². The molecule has 0 saturated heterocycles. The molecule has 0 radical (unpaired) electrons. The number of aromatic nitrogens is 3. The summed E-state index contributed by atoms with van der Waals surface area (Å²) in [6, 6.07) is 10.6. The molecule has 2 aliphatic heterocycles. The third kappa shape index (κ3) is 5.61. The highest BCUT2D eigenvalue weighted by atomic mass is 33.1. The van der Waals surface area contributed by atoms with E-state index in [4.69, 9.17) is 19.3 Å². The third-order valence-corrected chi connectivity index (χ3v) is 9.15. The Balaban J connectivity index is 1.44. The van der Waals surface area contributed by atoms with Gasteiger partial charge in [-0.25, -0.2) is 28.3 Å². The second-order valence-electron chi connectivity index (χ2n) is 9.87. The number of fused-ring (bicyclic) bond motifs is 5. The van der Waals surface area contributed by atoms with Gasteiger partial charge in [0.25, 0.3) is 0 Å². The molecule has 13 heteroatoms. The average molecular weight is 600 g/mol. The van der Waals surface area contributed by atoms with Crippen LogP contribution in [0.1, 0.15) is 42.7 Å². The highest BCUT2D eigenvalue weighted by Gasteiger charge is 2.44. The second-order valence-corrected chi connectivity index (χ2v) is 12.6. The summed E-state index contributed by atoms with van der Waals surface area (Å²) < 4.78 is 20.7. The quantitative estimate of drug-likeness (QED) is 0.0972. The molecule has 41 heavy (non-hydrogen) atoms. The van der Waals surface area contributed by atoms with Crippen LogP contribution in [0.25, 0.3) is 5.69 Å². The lowest BCUT2D eigenvalue weighted by atomic mass is 9.83. The van der Waals surface area contributed by atoms with E-state index < -0.39 is 29.2 Å². The Morgan fingerprint density at radius 3 is 2.51 bits per heavy atom. The van der Waals surface area contributed by atoms with Crippen LogP contribution in [0.3, 0.4) is 0 Å². The van der Waals surface area contributed by atoms with E-state index in [2.05, 4.69) is 0 Å². The minimum absolute atomic E-state index is 0.0877. The van der Waals surface area contributed by atoms with Gasteiger partial charge >= 0.3 is 17.5 Å². The predicted octanol–water partition coefficient (Wildman–Crippen LogP) is 3.59. The van der Waals surface area contributed by atoms with Crippen molar-refractivity contribution in [2.24, 2.45) is 0 Å². The zero-order valence-electron chi connectivity index (χ0n) is 22.7. The molecule has 0 spiro atoms. The Labute approximate surface area is 243 Å². The van der Waals surface area contributed by atoms with Crippen molar-refractivity contribution in [2.75, 3.05) is 24.7 Å². The van der Waals surface area contributed by atoms with Gasteiger partial charge < -0.3 is 19.3 Å². The van der Waals surface area contributed by atoms with Gasteiger partial charge in [-0.3, -0.25) is 4.79 Å². The number of ketones is 1. The Morgan fingerprint density at radius 2 is 1.80 bits per heavy atom. The number of allylic oxidation sites excluding steroid dienone is 1. The number of nitrogens with zero attached hydrogens (tertiary/aromatic N) is 3. The molecule has 1 atom stereocenters. The van der Waals surface area contributed by atoms with Gasteiger partial charge in [-0.05, 0) is 62.7 Å². The Kier molecular flexibility index (Phi) is 8.20. The van der Waals surface area contributed by atoms with Gasteiger partial charge in [-0.2, -0.15) is 0 Å². The summed E-state index contributed by atoms with van der Waals surface area (Å²) in [6.45, 7) is 5.63. The molecular weight excluding hydrogens is 570 g/mol. The molecule has 0 aliphatic carbocycles. The van der Waals surface area contributed by atoms with Crippen LogP contribution >= 0.6 is 21.6 Å². The first-order valence-electron chi connectivity index (χ1n) is 12.9. The van der Waals surface area contributed by atoms with Crippen molar-refractivity contribution in [1.82, 2.24) is 13.9 Å². The van der Waals surface area contributed by atoms with E-state index in [-0.39, 0.29) is 31.3 Å². The number of Topliss-reactive ketones (excluding diaryl/α,β-unsaturated/α-hetero) is 1. The molecule has 1 aromatic heterocycles. The molecular formula is C28H29N3O8S2. The van der Waals surface area contributed by atoms with E-state index in [0.29, 0.717) is 34.1 Å². The Bertz CT molecular complexity index is 1640. The summed E-state index contributed by atoms with van der Waals surface area (Å²) in [5.74, 6) is 1.65. The van der Waals surface area contributed by atoms with E-state index in [1.54, 1.807) is 42.5 Å². The molecule has 0 saturated carbocycles. The molecule has 1 N–H and O–H groups in total. The standard InChI is InChI=1S/C28H29N3O8S2/c1-17(33)18-4-6-19(7-5-18)30-25(34)29-11-10-22-24(31(29)26(30)35)21-9-8-20(16-23(21)39-28(22,2)3)38-27(36)37-13-15-41-40-14-12-32/h4-10,16,24,32H,11-15H2,1-3H3. The van der Waals surface area contributed by atoms with Crippen LogP contribution in [0, 0.1) is 0 Å². The fourth-order valence-electron chi connectivity index (χ4n) is 4.95. The highest BCUT2D eigenvalue weighted by Crippen LogP contribution is 2.47. The maximum absolute atomic E-state index is 13.8. The van der Waals surface area contributed by atoms with Crippen LogP contribution < -0.4 is 20.9 Å². The lowest BCUT2D eigenvalue weighted by Crippen LogP contribution is -2.46. The molecule has 1 unspecified atom stereocenters. The average Bonchev–Trinajstić information content (AvgIpc) is 3.19. The van der Waals surface area contributed by atoms with E-state index in [0.717, 1.165) is 10.1 Å². The van der Waals surface area contributed by atoms with Gasteiger partial charge in [0, 0.05) is 28.7 Å². The summed E-state index contributed by atoms with van der Waals surface area (Å²) in [5.41, 5.74) is 0.444. The van der Waals surface area contributed by atoms with Crippen molar-refractivity contribution in [1.29, 1.82) is 0 Å². The first kappa shape index (κ1) is 28.8. The Morgan fingerprint density at radius 1 is 1.07 bits per heavy atom. The van der Waals surface area contributed by atoms with Crippen molar-refractivity contribution in [3.8, 4) is 17.2 Å². The summed E-state index contributed by atoms with van der Waals surface area (Å²) in [5, 5.41) is 8.81. The third-order valence-electron chi connectivity index (χ3n) is 6.80. The monoisotopic (exact) mass is 599 g/mol. The van der Waals surface area contributed by atoms with Crippen molar-refractivity contribution in [2.45, 2.75) is 39.0 Å². The lowest BCUT2D eigenvalue weighted by molar-refractivity contribution is 0.101. The van der Waals surface area contributed by atoms with Crippen LogP contribution in [-0.2, 0) is 11.3 Å².